The van der Waals surface area contributed by atoms with Crippen molar-refractivity contribution in [3.63, 3.8) is 0 Å². The number of carbonyl (C=O) groups excluding carboxylic acids is 2. The van der Waals surface area contributed by atoms with Gasteiger partial charge in [0.2, 0.25) is 11.8 Å². The molecule has 0 radical (unpaired) electrons. The number of alkyl halides is 3. The van der Waals surface area contributed by atoms with E-state index in [1.165, 1.54) is 36.3 Å². The average Bonchev–Trinajstić information content (AvgIpc) is 2.70. The first-order chi connectivity index (χ1) is 13.7. The highest BCUT2D eigenvalue weighted by Gasteiger charge is 2.29. The van der Waals surface area contributed by atoms with Crippen LogP contribution in [0, 0.1) is 0 Å². The second kappa shape index (κ2) is 9.77. The zero-order valence-electron chi connectivity index (χ0n) is 16.0. The lowest BCUT2D eigenvalue weighted by atomic mass is 10.1. The van der Waals surface area contributed by atoms with Crippen molar-refractivity contribution in [2.75, 3.05) is 25.5 Å². The summed E-state index contributed by atoms with van der Waals surface area (Å²) in [5.74, 6) is -0.326. The zero-order valence-corrected chi connectivity index (χ0v) is 16.0. The molecule has 0 fully saturated rings. The Morgan fingerprint density at radius 1 is 1.10 bits per heavy atom. The van der Waals surface area contributed by atoms with Crippen LogP contribution in [0.1, 0.15) is 18.1 Å². The number of ether oxygens (including phenoxy) is 1. The number of para-hydroxylation sites is 2. The number of hydrogen-bond acceptors (Lipinski definition) is 3. The minimum atomic E-state index is -4.41. The van der Waals surface area contributed by atoms with E-state index in [2.05, 4.69) is 5.32 Å². The Morgan fingerprint density at radius 2 is 1.76 bits per heavy atom. The summed E-state index contributed by atoms with van der Waals surface area (Å²) in [5.41, 5.74) is 0.175. The van der Waals surface area contributed by atoms with Crippen LogP contribution in [0.5, 0.6) is 5.75 Å². The van der Waals surface area contributed by atoms with Crippen molar-refractivity contribution in [1.82, 2.24) is 4.90 Å². The van der Waals surface area contributed by atoms with Gasteiger partial charge in [-0.1, -0.05) is 24.3 Å². The predicted octanol–water partition coefficient (Wildman–Crippen LogP) is 4.21. The molecule has 0 saturated heterocycles. The minimum absolute atomic E-state index is 0.176. The minimum Gasteiger partial charge on any atom is -0.495 e. The molecule has 29 heavy (non-hydrogen) atoms. The molecule has 0 unspecified atom stereocenters. The standard InChI is InChI=1S/C21H21F3N2O3/c1-3-26(14-19(27)25-17-6-4-5-7-18(17)29-2)20(28)13-10-15-8-11-16(12-9-15)21(22,23)24/h4-13H,3,14H2,1-2H3,(H,25,27)/b13-10+. The quantitative estimate of drug-likeness (QED) is 0.701. The summed E-state index contributed by atoms with van der Waals surface area (Å²) in [6.07, 6.45) is -1.78. The Hall–Kier alpha value is -3.29. The van der Waals surface area contributed by atoms with Crippen LogP contribution in [0.2, 0.25) is 0 Å². The molecule has 2 aromatic carbocycles. The molecule has 0 aliphatic heterocycles. The molecule has 2 rings (SSSR count). The highest BCUT2D eigenvalue weighted by Crippen LogP contribution is 2.29. The number of benzene rings is 2. The summed E-state index contributed by atoms with van der Waals surface area (Å²) in [7, 11) is 1.49. The van der Waals surface area contributed by atoms with Crippen LogP contribution in [0.4, 0.5) is 18.9 Å². The smallest absolute Gasteiger partial charge is 0.416 e. The van der Waals surface area contributed by atoms with Crippen LogP contribution < -0.4 is 10.1 Å². The molecule has 0 heterocycles. The van der Waals surface area contributed by atoms with Gasteiger partial charge in [-0.3, -0.25) is 9.59 Å². The van der Waals surface area contributed by atoms with E-state index >= 15 is 0 Å². The Kier molecular flexibility index (Phi) is 7.41. The third-order valence-electron chi connectivity index (χ3n) is 4.07. The van der Waals surface area contributed by atoms with E-state index in [0.717, 1.165) is 12.1 Å². The number of anilines is 1. The lowest BCUT2D eigenvalue weighted by Crippen LogP contribution is -2.36. The number of carbonyl (C=O) groups is 2. The van der Waals surface area contributed by atoms with Gasteiger partial charge in [-0.25, -0.2) is 0 Å². The second-order valence-corrected chi connectivity index (χ2v) is 6.05. The van der Waals surface area contributed by atoms with Crippen molar-refractivity contribution in [2.24, 2.45) is 0 Å². The first kappa shape index (κ1) is 22.0. The van der Waals surface area contributed by atoms with Crippen LogP contribution in [-0.4, -0.2) is 36.9 Å². The summed E-state index contributed by atoms with van der Waals surface area (Å²) < 4.78 is 42.9. The van der Waals surface area contributed by atoms with Crippen LogP contribution in [0.3, 0.4) is 0 Å². The van der Waals surface area contributed by atoms with Crippen molar-refractivity contribution < 1.29 is 27.5 Å². The van der Waals surface area contributed by atoms with Gasteiger partial charge in [0.25, 0.3) is 0 Å². The average molecular weight is 406 g/mol. The number of halogens is 3. The van der Waals surface area contributed by atoms with Crippen molar-refractivity contribution in [2.45, 2.75) is 13.1 Å². The Bertz CT molecular complexity index is 877. The van der Waals surface area contributed by atoms with Crippen molar-refractivity contribution in [1.29, 1.82) is 0 Å². The first-order valence-electron chi connectivity index (χ1n) is 8.81. The lowest BCUT2D eigenvalue weighted by Gasteiger charge is -2.19. The molecule has 154 valence electrons. The number of rotatable bonds is 7. The van der Waals surface area contributed by atoms with Gasteiger partial charge in [-0.2, -0.15) is 13.2 Å². The van der Waals surface area contributed by atoms with Gasteiger partial charge in [0, 0.05) is 12.6 Å². The summed E-state index contributed by atoms with van der Waals surface area (Å²) >= 11 is 0. The third-order valence-corrected chi connectivity index (χ3v) is 4.07. The summed E-state index contributed by atoms with van der Waals surface area (Å²) in [6, 6.07) is 11.3. The molecule has 0 spiro atoms. The maximum Gasteiger partial charge on any atom is 0.416 e. The normalized spacial score (nSPS) is 11.3. The molecule has 8 heteroatoms. The number of hydrogen-bond donors (Lipinski definition) is 1. The van der Waals surface area contributed by atoms with E-state index in [1.807, 2.05) is 0 Å². The van der Waals surface area contributed by atoms with Crippen LogP contribution >= 0.6 is 0 Å². The molecule has 0 saturated carbocycles. The van der Waals surface area contributed by atoms with Crippen LogP contribution in [0.25, 0.3) is 6.08 Å². The third kappa shape index (κ3) is 6.38. The Labute approximate surface area is 166 Å². The number of methoxy groups -OCH3 is 1. The van der Waals surface area contributed by atoms with Gasteiger partial charge < -0.3 is 15.0 Å². The highest BCUT2D eigenvalue weighted by atomic mass is 19.4. The molecular weight excluding hydrogens is 385 g/mol. The topological polar surface area (TPSA) is 58.6 Å². The van der Waals surface area contributed by atoms with Gasteiger partial charge in [0.1, 0.15) is 12.3 Å². The number of nitrogens with one attached hydrogen (secondary N) is 1. The molecule has 0 aliphatic carbocycles. The van der Waals surface area contributed by atoms with Crippen LogP contribution in [-0.2, 0) is 15.8 Å². The summed E-state index contributed by atoms with van der Waals surface area (Å²) in [6.45, 7) is 1.83. The molecule has 0 aliphatic rings. The van der Waals surface area contributed by atoms with E-state index < -0.39 is 23.6 Å². The van der Waals surface area contributed by atoms with Gasteiger partial charge >= 0.3 is 6.18 Å². The molecule has 5 nitrogen and oxygen atoms in total. The predicted molar refractivity (Wildman–Crippen MR) is 104 cm³/mol. The zero-order chi connectivity index (χ0) is 21.4. The number of likely N-dealkylation sites (N-methyl/N-ethyl adjacent to an activating group) is 1. The molecule has 2 amide bonds. The van der Waals surface area contributed by atoms with E-state index in [4.69, 9.17) is 4.74 Å². The summed E-state index contributed by atoms with van der Waals surface area (Å²) in [5, 5.41) is 2.69. The Balaban J connectivity index is 1.99. The fourth-order valence-corrected chi connectivity index (χ4v) is 2.51. The monoisotopic (exact) mass is 406 g/mol. The molecule has 2 aromatic rings. The fraction of sp³-hybridized carbons (Fsp3) is 0.238. The van der Waals surface area contributed by atoms with Gasteiger partial charge in [-0.05, 0) is 42.8 Å². The largest absolute Gasteiger partial charge is 0.495 e. The Morgan fingerprint density at radius 3 is 2.34 bits per heavy atom. The first-order valence-corrected chi connectivity index (χ1v) is 8.81. The molecular formula is C21H21F3N2O3. The van der Waals surface area contributed by atoms with Gasteiger partial charge in [-0.15, -0.1) is 0 Å². The van der Waals surface area contributed by atoms with E-state index in [-0.39, 0.29) is 13.1 Å². The second-order valence-electron chi connectivity index (χ2n) is 6.05. The highest BCUT2D eigenvalue weighted by molar-refractivity contribution is 5.98. The van der Waals surface area contributed by atoms with Crippen LogP contribution in [0.15, 0.2) is 54.6 Å². The van der Waals surface area contributed by atoms with Crippen molar-refractivity contribution >= 4 is 23.6 Å². The molecule has 1 N–H and O–H groups in total. The number of amides is 2. The lowest BCUT2D eigenvalue weighted by molar-refractivity contribution is -0.137. The van der Waals surface area contributed by atoms with E-state index in [0.29, 0.717) is 17.0 Å². The molecule has 0 aromatic heterocycles. The maximum absolute atomic E-state index is 12.6. The molecule has 0 bridgehead atoms. The molecule has 0 atom stereocenters. The van der Waals surface area contributed by atoms with E-state index in [9.17, 15) is 22.8 Å². The van der Waals surface area contributed by atoms with Crippen molar-refractivity contribution in [3.8, 4) is 5.75 Å². The van der Waals surface area contributed by atoms with Crippen molar-refractivity contribution in [3.05, 3.63) is 65.7 Å². The number of nitrogens with zero attached hydrogens (tertiary/aromatic N) is 1. The summed E-state index contributed by atoms with van der Waals surface area (Å²) in [4.78, 5) is 25.9. The van der Waals surface area contributed by atoms with Gasteiger partial charge in [0.05, 0.1) is 18.4 Å². The SMILES string of the molecule is CCN(CC(=O)Nc1ccccc1OC)C(=O)/C=C/c1ccc(C(F)(F)F)cc1. The maximum atomic E-state index is 12.6. The fourth-order valence-electron chi connectivity index (χ4n) is 2.51. The van der Waals surface area contributed by atoms with Gasteiger partial charge in [0.15, 0.2) is 0 Å². The van der Waals surface area contributed by atoms with E-state index in [1.54, 1.807) is 31.2 Å².